The third-order valence-electron chi connectivity index (χ3n) is 2.04. The molecular formula is C10H23N. The van der Waals surface area contributed by atoms with Gasteiger partial charge in [0, 0.05) is 6.54 Å². The van der Waals surface area contributed by atoms with Gasteiger partial charge in [0.1, 0.15) is 0 Å². The van der Waals surface area contributed by atoms with Crippen molar-refractivity contribution in [3.8, 4) is 0 Å². The van der Waals surface area contributed by atoms with Crippen molar-refractivity contribution in [1.29, 1.82) is 0 Å². The van der Waals surface area contributed by atoms with Gasteiger partial charge in [-0.2, -0.15) is 0 Å². The first-order valence-corrected chi connectivity index (χ1v) is 4.74. The van der Waals surface area contributed by atoms with Crippen LogP contribution in [0.4, 0.5) is 0 Å². The van der Waals surface area contributed by atoms with Gasteiger partial charge in [0.2, 0.25) is 0 Å². The van der Waals surface area contributed by atoms with E-state index in [2.05, 4.69) is 39.6 Å². The molecule has 0 heterocycles. The molecule has 0 saturated carbocycles. The first-order chi connectivity index (χ1) is 5.06. The summed E-state index contributed by atoms with van der Waals surface area (Å²) in [6, 6.07) is 0. The van der Waals surface area contributed by atoms with Gasteiger partial charge in [-0.15, -0.1) is 0 Å². The third kappa shape index (κ3) is 6.36. The van der Waals surface area contributed by atoms with E-state index in [-0.39, 0.29) is 0 Å². The molecule has 0 aromatic heterocycles. The number of nitrogens with zero attached hydrogens (tertiary/aromatic N) is 1. The summed E-state index contributed by atoms with van der Waals surface area (Å²) in [5, 5.41) is 0. The highest BCUT2D eigenvalue weighted by Crippen LogP contribution is 2.11. The summed E-state index contributed by atoms with van der Waals surface area (Å²) in [4.78, 5) is 2.38. The summed E-state index contributed by atoms with van der Waals surface area (Å²) in [5.41, 5.74) is 0. The molecule has 1 atom stereocenters. The Bertz CT molecular complexity index is 88.9. The van der Waals surface area contributed by atoms with Crippen molar-refractivity contribution in [3.63, 3.8) is 0 Å². The largest absolute Gasteiger partial charge is 0.306 e. The molecule has 0 aliphatic heterocycles. The van der Waals surface area contributed by atoms with Crippen molar-refractivity contribution in [1.82, 2.24) is 4.90 Å². The molecule has 0 unspecified atom stereocenters. The molecule has 1 nitrogen and oxygen atoms in total. The molecule has 0 saturated heterocycles. The molecular weight excluding hydrogens is 134 g/mol. The fraction of sp³-hybridized carbons (Fsp3) is 1.00. The second-order valence-electron chi connectivity index (χ2n) is 4.09. The van der Waals surface area contributed by atoms with E-state index in [1.807, 2.05) is 0 Å². The van der Waals surface area contributed by atoms with Crippen LogP contribution in [0.2, 0.25) is 0 Å². The van der Waals surface area contributed by atoms with E-state index >= 15 is 0 Å². The molecule has 0 fully saturated rings. The van der Waals surface area contributed by atoms with Gasteiger partial charge < -0.3 is 4.90 Å². The molecule has 68 valence electrons. The van der Waals surface area contributed by atoms with Crippen molar-refractivity contribution < 1.29 is 0 Å². The molecule has 0 bridgehead atoms. The molecule has 0 aliphatic carbocycles. The smallest absolute Gasteiger partial charge is 0.000395 e. The van der Waals surface area contributed by atoms with Gasteiger partial charge in [0.15, 0.2) is 0 Å². The van der Waals surface area contributed by atoms with Gasteiger partial charge in [-0.25, -0.2) is 0 Å². The fourth-order valence-corrected chi connectivity index (χ4v) is 1.54. The summed E-state index contributed by atoms with van der Waals surface area (Å²) < 4.78 is 0. The van der Waals surface area contributed by atoms with Gasteiger partial charge in [-0.05, 0) is 31.8 Å². The molecule has 0 rings (SSSR count). The van der Waals surface area contributed by atoms with Crippen LogP contribution >= 0.6 is 0 Å². The molecule has 0 aliphatic rings. The lowest BCUT2D eigenvalue weighted by molar-refractivity contribution is 0.275. The Morgan fingerprint density at radius 1 is 1.18 bits per heavy atom. The van der Waals surface area contributed by atoms with Crippen LogP contribution < -0.4 is 0 Å². The second kappa shape index (κ2) is 5.59. The van der Waals surface area contributed by atoms with E-state index in [1.165, 1.54) is 19.5 Å². The zero-order valence-electron chi connectivity index (χ0n) is 8.72. The first-order valence-electron chi connectivity index (χ1n) is 4.74. The van der Waals surface area contributed by atoms with Gasteiger partial charge >= 0.3 is 0 Å². The Kier molecular flexibility index (Phi) is 5.57. The van der Waals surface area contributed by atoms with Crippen molar-refractivity contribution in [2.24, 2.45) is 11.8 Å². The van der Waals surface area contributed by atoms with Gasteiger partial charge in [-0.3, -0.25) is 0 Å². The SMILES string of the molecule is CCN(C)C[C@H](C)CC(C)C. The molecule has 0 aromatic carbocycles. The van der Waals surface area contributed by atoms with Gasteiger partial charge in [0.05, 0.1) is 0 Å². The van der Waals surface area contributed by atoms with Crippen LogP contribution in [-0.2, 0) is 0 Å². The lowest BCUT2D eigenvalue weighted by Gasteiger charge is -2.20. The molecule has 11 heavy (non-hydrogen) atoms. The summed E-state index contributed by atoms with van der Waals surface area (Å²) in [7, 11) is 2.19. The molecule has 0 N–H and O–H groups in total. The average Bonchev–Trinajstić information content (AvgIpc) is 1.85. The lowest BCUT2D eigenvalue weighted by Crippen LogP contribution is -2.24. The van der Waals surface area contributed by atoms with E-state index in [0.717, 1.165) is 11.8 Å². The number of hydrogen-bond donors (Lipinski definition) is 0. The lowest BCUT2D eigenvalue weighted by atomic mass is 9.99. The Morgan fingerprint density at radius 3 is 2.09 bits per heavy atom. The van der Waals surface area contributed by atoms with E-state index < -0.39 is 0 Å². The van der Waals surface area contributed by atoms with Crippen molar-refractivity contribution >= 4 is 0 Å². The Balaban J connectivity index is 3.43. The van der Waals surface area contributed by atoms with Crippen LogP contribution in [-0.4, -0.2) is 25.0 Å². The highest BCUT2D eigenvalue weighted by Gasteiger charge is 2.06. The van der Waals surface area contributed by atoms with Crippen LogP contribution in [0.3, 0.4) is 0 Å². The number of rotatable bonds is 5. The van der Waals surface area contributed by atoms with Crippen LogP contribution in [0, 0.1) is 11.8 Å². The fourth-order valence-electron chi connectivity index (χ4n) is 1.54. The van der Waals surface area contributed by atoms with Crippen molar-refractivity contribution in [2.75, 3.05) is 20.1 Å². The maximum Gasteiger partial charge on any atom is 0.000395 e. The Labute approximate surface area is 71.8 Å². The maximum atomic E-state index is 2.38. The monoisotopic (exact) mass is 157 g/mol. The van der Waals surface area contributed by atoms with E-state index in [0.29, 0.717) is 0 Å². The zero-order chi connectivity index (χ0) is 8.85. The summed E-state index contributed by atoms with van der Waals surface area (Å²) >= 11 is 0. The highest BCUT2D eigenvalue weighted by atomic mass is 15.1. The first kappa shape index (κ1) is 11.0. The van der Waals surface area contributed by atoms with Crippen molar-refractivity contribution in [2.45, 2.75) is 34.1 Å². The standard InChI is InChI=1S/C10H23N/c1-6-11(5)8-10(4)7-9(2)3/h9-10H,6-8H2,1-5H3/t10-/m1/s1. The summed E-state index contributed by atoms with van der Waals surface area (Å²) in [6.07, 6.45) is 1.35. The van der Waals surface area contributed by atoms with Crippen LogP contribution in [0.5, 0.6) is 0 Å². The normalized spacial score (nSPS) is 14.5. The van der Waals surface area contributed by atoms with Gasteiger partial charge in [0.25, 0.3) is 0 Å². The van der Waals surface area contributed by atoms with Crippen LogP contribution in [0.1, 0.15) is 34.1 Å². The topological polar surface area (TPSA) is 3.24 Å². The minimum Gasteiger partial charge on any atom is -0.306 e. The summed E-state index contributed by atoms with van der Waals surface area (Å²) in [6.45, 7) is 11.6. The van der Waals surface area contributed by atoms with Crippen LogP contribution in [0.15, 0.2) is 0 Å². The second-order valence-corrected chi connectivity index (χ2v) is 4.09. The molecule has 0 amide bonds. The van der Waals surface area contributed by atoms with Gasteiger partial charge in [-0.1, -0.05) is 27.7 Å². The maximum absolute atomic E-state index is 2.38. The van der Waals surface area contributed by atoms with Crippen molar-refractivity contribution in [3.05, 3.63) is 0 Å². The Morgan fingerprint density at radius 2 is 1.73 bits per heavy atom. The van der Waals surface area contributed by atoms with Crippen LogP contribution in [0.25, 0.3) is 0 Å². The third-order valence-corrected chi connectivity index (χ3v) is 2.04. The number of hydrogen-bond acceptors (Lipinski definition) is 1. The predicted octanol–water partition coefficient (Wildman–Crippen LogP) is 2.62. The summed E-state index contributed by atoms with van der Waals surface area (Å²) in [5.74, 6) is 1.69. The minimum atomic E-state index is 0.843. The van der Waals surface area contributed by atoms with E-state index in [4.69, 9.17) is 0 Å². The average molecular weight is 157 g/mol. The predicted molar refractivity (Wildman–Crippen MR) is 51.8 cm³/mol. The molecule has 0 spiro atoms. The van der Waals surface area contributed by atoms with E-state index in [1.54, 1.807) is 0 Å². The van der Waals surface area contributed by atoms with E-state index in [9.17, 15) is 0 Å². The molecule has 0 radical (unpaired) electrons. The highest BCUT2D eigenvalue weighted by molar-refractivity contribution is 4.59. The Hall–Kier alpha value is -0.0400. The quantitative estimate of drug-likeness (QED) is 0.593. The minimum absolute atomic E-state index is 0.843. The molecule has 1 heteroatoms. The zero-order valence-corrected chi connectivity index (χ0v) is 8.72. The molecule has 0 aromatic rings.